The van der Waals surface area contributed by atoms with Crippen molar-refractivity contribution in [2.75, 3.05) is 13.2 Å². The van der Waals surface area contributed by atoms with Crippen LogP contribution in [0.15, 0.2) is 28.7 Å². The summed E-state index contributed by atoms with van der Waals surface area (Å²) >= 11 is 3.39. The Morgan fingerprint density at radius 2 is 2.06 bits per heavy atom. The molecule has 0 amide bonds. The second-order valence-corrected chi connectivity index (χ2v) is 4.33. The minimum Gasteiger partial charge on any atom is -0.380 e. The van der Waals surface area contributed by atoms with Crippen LogP contribution in [0.2, 0.25) is 0 Å². The van der Waals surface area contributed by atoms with Gasteiger partial charge >= 0.3 is 0 Å². The van der Waals surface area contributed by atoms with Crippen LogP contribution in [0, 0.1) is 0 Å². The standard InChI is InChI=1S/C11H13BrN4O/c1-2-17-8-7-16-14-11(13-15-16)9-3-5-10(12)6-4-9/h3-6H,2,7-8H2,1H3. The van der Waals surface area contributed by atoms with Gasteiger partial charge in [-0.3, -0.25) is 0 Å². The zero-order chi connectivity index (χ0) is 12.1. The second-order valence-electron chi connectivity index (χ2n) is 3.41. The van der Waals surface area contributed by atoms with Crippen molar-refractivity contribution in [2.24, 2.45) is 0 Å². The Morgan fingerprint density at radius 3 is 2.76 bits per heavy atom. The SMILES string of the molecule is CCOCCn1nnc(-c2ccc(Br)cc2)n1. The van der Waals surface area contributed by atoms with Crippen LogP contribution in [0.4, 0.5) is 0 Å². The van der Waals surface area contributed by atoms with Gasteiger partial charge in [-0.2, -0.15) is 4.80 Å². The number of aromatic nitrogens is 4. The van der Waals surface area contributed by atoms with Gasteiger partial charge in [-0.25, -0.2) is 0 Å². The Morgan fingerprint density at radius 1 is 1.29 bits per heavy atom. The van der Waals surface area contributed by atoms with Crippen molar-refractivity contribution in [1.82, 2.24) is 20.2 Å². The molecule has 0 spiro atoms. The number of benzene rings is 1. The lowest BCUT2D eigenvalue weighted by Crippen LogP contribution is -2.08. The summed E-state index contributed by atoms with van der Waals surface area (Å²) < 4.78 is 6.27. The Balaban J connectivity index is 2.04. The molecule has 5 nitrogen and oxygen atoms in total. The first-order chi connectivity index (χ1) is 8.29. The molecule has 2 rings (SSSR count). The maximum Gasteiger partial charge on any atom is 0.204 e. The van der Waals surface area contributed by atoms with Crippen LogP contribution in [0.1, 0.15) is 6.92 Å². The fourth-order valence-corrected chi connectivity index (χ4v) is 1.61. The molecule has 6 heteroatoms. The molecule has 0 saturated carbocycles. The topological polar surface area (TPSA) is 52.8 Å². The van der Waals surface area contributed by atoms with Gasteiger partial charge in [0.1, 0.15) is 0 Å². The van der Waals surface area contributed by atoms with Crippen molar-refractivity contribution in [2.45, 2.75) is 13.5 Å². The lowest BCUT2D eigenvalue weighted by molar-refractivity contribution is 0.132. The third-order valence-electron chi connectivity index (χ3n) is 2.20. The highest BCUT2D eigenvalue weighted by atomic mass is 79.9. The van der Waals surface area contributed by atoms with Gasteiger partial charge in [0.15, 0.2) is 0 Å². The van der Waals surface area contributed by atoms with Crippen LogP contribution in [-0.4, -0.2) is 33.4 Å². The molecule has 0 saturated heterocycles. The van der Waals surface area contributed by atoms with E-state index in [0.29, 0.717) is 25.6 Å². The number of tetrazole rings is 1. The highest BCUT2D eigenvalue weighted by molar-refractivity contribution is 9.10. The molecule has 0 aliphatic heterocycles. The molecule has 0 bridgehead atoms. The summed E-state index contributed by atoms with van der Waals surface area (Å²) in [5.41, 5.74) is 0.954. The van der Waals surface area contributed by atoms with Gasteiger partial charge in [-0.05, 0) is 36.4 Å². The first kappa shape index (κ1) is 12.2. The highest BCUT2D eigenvalue weighted by Crippen LogP contribution is 2.17. The number of hydrogen-bond donors (Lipinski definition) is 0. The van der Waals surface area contributed by atoms with Gasteiger partial charge < -0.3 is 4.74 Å². The van der Waals surface area contributed by atoms with Gasteiger partial charge in [-0.15, -0.1) is 10.2 Å². The number of nitrogens with zero attached hydrogens (tertiary/aromatic N) is 4. The summed E-state index contributed by atoms with van der Waals surface area (Å²) in [5.74, 6) is 0.633. The molecule has 1 aromatic heterocycles. The first-order valence-electron chi connectivity index (χ1n) is 5.41. The first-order valence-corrected chi connectivity index (χ1v) is 6.20. The van der Waals surface area contributed by atoms with Gasteiger partial charge in [0, 0.05) is 16.6 Å². The Labute approximate surface area is 108 Å². The largest absolute Gasteiger partial charge is 0.380 e. The third kappa shape index (κ3) is 3.34. The summed E-state index contributed by atoms with van der Waals surface area (Å²) in [7, 11) is 0. The zero-order valence-electron chi connectivity index (χ0n) is 9.51. The number of ether oxygens (including phenoxy) is 1. The smallest absolute Gasteiger partial charge is 0.204 e. The summed E-state index contributed by atoms with van der Waals surface area (Å²) in [4.78, 5) is 1.55. The average molecular weight is 297 g/mol. The van der Waals surface area contributed by atoms with Gasteiger partial charge in [0.05, 0.1) is 13.2 Å². The van der Waals surface area contributed by atoms with E-state index in [-0.39, 0.29) is 0 Å². The van der Waals surface area contributed by atoms with E-state index in [1.807, 2.05) is 31.2 Å². The molecular formula is C11H13BrN4O. The van der Waals surface area contributed by atoms with Gasteiger partial charge in [0.25, 0.3) is 0 Å². The molecule has 0 unspecified atom stereocenters. The Hall–Kier alpha value is -1.27. The van der Waals surface area contributed by atoms with Crippen molar-refractivity contribution < 1.29 is 4.74 Å². The van der Waals surface area contributed by atoms with Crippen LogP contribution in [0.5, 0.6) is 0 Å². The van der Waals surface area contributed by atoms with Crippen molar-refractivity contribution >= 4 is 15.9 Å². The molecule has 0 aliphatic carbocycles. The van der Waals surface area contributed by atoms with Crippen molar-refractivity contribution in [3.05, 3.63) is 28.7 Å². The number of hydrogen-bond acceptors (Lipinski definition) is 4. The van der Waals surface area contributed by atoms with E-state index in [0.717, 1.165) is 10.0 Å². The van der Waals surface area contributed by atoms with Crippen molar-refractivity contribution in [3.8, 4) is 11.4 Å². The lowest BCUT2D eigenvalue weighted by atomic mass is 10.2. The lowest BCUT2D eigenvalue weighted by Gasteiger charge is -1.98. The number of halogens is 1. The third-order valence-corrected chi connectivity index (χ3v) is 2.72. The Bertz CT molecular complexity index is 469. The molecule has 0 radical (unpaired) electrons. The predicted octanol–water partition coefficient (Wildman–Crippen LogP) is 2.14. The van der Waals surface area contributed by atoms with E-state index in [9.17, 15) is 0 Å². The second kappa shape index (κ2) is 5.88. The van der Waals surface area contributed by atoms with Crippen LogP contribution >= 0.6 is 15.9 Å². The highest BCUT2D eigenvalue weighted by Gasteiger charge is 2.05. The molecular weight excluding hydrogens is 284 g/mol. The average Bonchev–Trinajstić information content (AvgIpc) is 2.79. The minimum absolute atomic E-state index is 0.604. The molecule has 17 heavy (non-hydrogen) atoms. The van der Waals surface area contributed by atoms with E-state index in [2.05, 4.69) is 31.3 Å². The number of rotatable bonds is 5. The quantitative estimate of drug-likeness (QED) is 0.793. The summed E-state index contributed by atoms with van der Waals surface area (Å²) in [6.45, 7) is 3.89. The van der Waals surface area contributed by atoms with Crippen molar-refractivity contribution in [3.63, 3.8) is 0 Å². The summed E-state index contributed by atoms with van der Waals surface area (Å²) in [6.07, 6.45) is 0. The van der Waals surface area contributed by atoms with E-state index in [1.54, 1.807) is 4.80 Å². The van der Waals surface area contributed by atoms with E-state index in [4.69, 9.17) is 4.74 Å². The van der Waals surface area contributed by atoms with Gasteiger partial charge in [0.2, 0.25) is 5.82 Å². The zero-order valence-corrected chi connectivity index (χ0v) is 11.1. The fourth-order valence-electron chi connectivity index (χ4n) is 1.34. The molecule has 2 aromatic rings. The van der Waals surface area contributed by atoms with Gasteiger partial charge in [-0.1, -0.05) is 15.9 Å². The molecule has 0 fully saturated rings. The summed E-state index contributed by atoms with van der Waals surface area (Å²) in [6, 6.07) is 7.81. The maximum atomic E-state index is 5.23. The Kier molecular flexibility index (Phi) is 4.22. The monoisotopic (exact) mass is 296 g/mol. The normalized spacial score (nSPS) is 10.7. The molecule has 1 aromatic carbocycles. The van der Waals surface area contributed by atoms with Crippen LogP contribution in [0.3, 0.4) is 0 Å². The van der Waals surface area contributed by atoms with E-state index < -0.39 is 0 Å². The van der Waals surface area contributed by atoms with Crippen LogP contribution in [0.25, 0.3) is 11.4 Å². The minimum atomic E-state index is 0.604. The molecule has 0 atom stereocenters. The fraction of sp³-hybridized carbons (Fsp3) is 0.364. The predicted molar refractivity (Wildman–Crippen MR) is 67.4 cm³/mol. The van der Waals surface area contributed by atoms with E-state index in [1.165, 1.54) is 0 Å². The van der Waals surface area contributed by atoms with E-state index >= 15 is 0 Å². The van der Waals surface area contributed by atoms with Crippen LogP contribution in [-0.2, 0) is 11.3 Å². The molecule has 1 heterocycles. The maximum absolute atomic E-state index is 5.23. The molecule has 0 aliphatic rings. The van der Waals surface area contributed by atoms with Crippen molar-refractivity contribution in [1.29, 1.82) is 0 Å². The van der Waals surface area contributed by atoms with Crippen LogP contribution < -0.4 is 0 Å². The molecule has 0 N–H and O–H groups in total. The molecule has 90 valence electrons. The summed E-state index contributed by atoms with van der Waals surface area (Å²) in [5, 5.41) is 12.3.